The predicted molar refractivity (Wildman–Crippen MR) is 201 cm³/mol. The van der Waals surface area contributed by atoms with E-state index < -0.39 is 11.7 Å². The van der Waals surface area contributed by atoms with E-state index in [1.165, 1.54) is 0 Å². The van der Waals surface area contributed by atoms with Crippen LogP contribution in [0.15, 0.2) is 131 Å². The summed E-state index contributed by atoms with van der Waals surface area (Å²) in [5.41, 5.74) is 3.01. The molecule has 1 aromatic heterocycles. The van der Waals surface area contributed by atoms with Crippen LogP contribution in [0, 0.1) is 0 Å². The molecule has 0 unspecified atom stereocenters. The van der Waals surface area contributed by atoms with Crippen molar-refractivity contribution in [2.24, 2.45) is 4.99 Å². The lowest BCUT2D eigenvalue weighted by molar-refractivity contribution is 0.0265. The number of fused-ring (bicyclic) bond motifs is 1. The molecule has 52 heavy (non-hydrogen) atoms. The molecule has 4 aromatic carbocycles. The van der Waals surface area contributed by atoms with Gasteiger partial charge in [0.1, 0.15) is 36.6 Å². The lowest BCUT2D eigenvalue weighted by Gasteiger charge is -2.36. The van der Waals surface area contributed by atoms with E-state index in [0.29, 0.717) is 59.3 Å². The van der Waals surface area contributed by atoms with E-state index >= 15 is 0 Å². The largest absolute Gasteiger partial charge is 0.462 e. The number of nitrogens with one attached hydrogen (secondary N) is 1. The Kier molecular flexibility index (Phi) is 8.56. The highest BCUT2D eigenvalue weighted by Crippen LogP contribution is 2.42. The fraction of sp³-hybridized carbons (Fsp3) is 0.268. The van der Waals surface area contributed by atoms with Gasteiger partial charge in [-0.15, -0.1) is 0 Å². The molecule has 0 radical (unpaired) electrons. The molecule has 2 fully saturated rings. The zero-order chi connectivity index (χ0) is 35.3. The summed E-state index contributed by atoms with van der Waals surface area (Å²) in [6, 6.07) is 35.4. The van der Waals surface area contributed by atoms with Crippen LogP contribution in [0.1, 0.15) is 41.6 Å². The van der Waals surface area contributed by atoms with Crippen molar-refractivity contribution < 1.29 is 13.9 Å². The van der Waals surface area contributed by atoms with Crippen LogP contribution in [0.5, 0.6) is 5.75 Å². The lowest BCUT2D eigenvalue weighted by Crippen LogP contribution is -2.43. The first-order chi connectivity index (χ1) is 25.4. The molecule has 4 aliphatic heterocycles. The van der Waals surface area contributed by atoms with E-state index in [2.05, 4.69) is 121 Å². The molecule has 264 valence electrons. The molecule has 9 rings (SSSR count). The fourth-order valence-electron chi connectivity index (χ4n) is 8.49. The molecule has 0 saturated carbocycles. The molecule has 5 aromatic rings. The molecule has 0 bridgehead atoms. The van der Waals surface area contributed by atoms with E-state index in [1.807, 2.05) is 30.5 Å². The Hall–Kier alpha value is -4.64. The highest BCUT2D eigenvalue weighted by molar-refractivity contribution is 9.10. The highest BCUT2D eigenvalue weighted by atomic mass is 79.9. The van der Waals surface area contributed by atoms with Gasteiger partial charge in [0.2, 0.25) is 0 Å². The molecular weight excluding hydrogens is 743 g/mol. The number of alkyl halides is 1. The number of halogens is 3. The summed E-state index contributed by atoms with van der Waals surface area (Å²) >= 11 is 10.4. The van der Waals surface area contributed by atoms with Crippen molar-refractivity contribution in [3.05, 3.63) is 164 Å². The zero-order valence-electron chi connectivity index (χ0n) is 28.4. The van der Waals surface area contributed by atoms with Crippen molar-refractivity contribution in [1.29, 1.82) is 0 Å². The van der Waals surface area contributed by atoms with Crippen LogP contribution in [0.25, 0.3) is 5.82 Å². The van der Waals surface area contributed by atoms with E-state index in [4.69, 9.17) is 31.2 Å². The third-order valence-electron chi connectivity index (χ3n) is 10.8. The van der Waals surface area contributed by atoms with Crippen LogP contribution in [0.2, 0.25) is 5.02 Å². The molecule has 5 heterocycles. The molecule has 8 nitrogen and oxygen atoms in total. The highest BCUT2D eigenvalue weighted by Gasteiger charge is 2.49. The van der Waals surface area contributed by atoms with Crippen molar-refractivity contribution >= 4 is 33.4 Å². The predicted octanol–water partition coefficient (Wildman–Crippen LogP) is 6.67. The van der Waals surface area contributed by atoms with Crippen LogP contribution >= 0.6 is 27.5 Å². The summed E-state index contributed by atoms with van der Waals surface area (Å²) in [5.74, 6) is 1.66. The minimum atomic E-state index is -0.851. The second-order valence-electron chi connectivity index (χ2n) is 13.8. The summed E-state index contributed by atoms with van der Waals surface area (Å²) in [7, 11) is 0. The first-order valence-electron chi connectivity index (χ1n) is 17.7. The number of benzene rings is 4. The van der Waals surface area contributed by atoms with Gasteiger partial charge in [0.15, 0.2) is 0 Å². The minimum Gasteiger partial charge on any atom is -0.462 e. The van der Waals surface area contributed by atoms with Crippen LogP contribution in [-0.4, -0.2) is 57.7 Å². The van der Waals surface area contributed by atoms with Gasteiger partial charge in [-0.1, -0.05) is 103 Å². The number of nitrogens with zero attached hydrogens (tertiary/aromatic N) is 5. The summed E-state index contributed by atoms with van der Waals surface area (Å²) in [6.45, 7) is 2.39. The fourth-order valence-corrected chi connectivity index (χ4v) is 9.09. The van der Waals surface area contributed by atoms with Crippen LogP contribution in [0.3, 0.4) is 0 Å². The van der Waals surface area contributed by atoms with E-state index in [9.17, 15) is 4.39 Å². The second kappa shape index (κ2) is 13.4. The van der Waals surface area contributed by atoms with Gasteiger partial charge in [-0.3, -0.25) is 14.6 Å². The van der Waals surface area contributed by atoms with E-state index in [-0.39, 0.29) is 5.54 Å². The maximum Gasteiger partial charge on any atom is 0.301 e. The van der Waals surface area contributed by atoms with E-state index in [1.54, 1.807) is 0 Å². The standard InChI is InChI=1S/C41H37BrClFN6O2/c42-33-21-34-36-38(37(33)43)45-27-46-39(36)48(25-35(52-34)51-26-40-18-10-19-49(40)23-31(44)22-40)24-32-17-20-50(47-32)41(28-11-4-1-5-12-28,29-13-6-2-7-14-29)30-15-8-3-9-16-30/h1-9,11-17,20-21,25,31,46H,10,18-19,22-24,26-27H2/t31-,40+/m1/s1. The van der Waals surface area contributed by atoms with Gasteiger partial charge in [0, 0.05) is 23.6 Å². The van der Waals surface area contributed by atoms with Gasteiger partial charge in [-0.05, 0) is 64.1 Å². The van der Waals surface area contributed by atoms with Crippen LogP contribution in [0.4, 0.5) is 4.39 Å². The molecule has 0 aliphatic carbocycles. The molecule has 1 N–H and O–H groups in total. The number of hydrogen-bond acceptors (Lipinski definition) is 7. The van der Waals surface area contributed by atoms with Crippen LogP contribution in [-0.2, 0) is 16.8 Å². The Labute approximate surface area is 315 Å². The van der Waals surface area contributed by atoms with Gasteiger partial charge in [-0.2, -0.15) is 5.10 Å². The minimum absolute atomic E-state index is 0.315. The molecule has 4 aliphatic rings. The van der Waals surface area contributed by atoms with Gasteiger partial charge >= 0.3 is 5.95 Å². The average molecular weight is 780 g/mol. The summed E-state index contributed by atoms with van der Waals surface area (Å²) in [6.07, 6.45) is 5.47. The smallest absolute Gasteiger partial charge is 0.301 e. The Morgan fingerprint density at radius 2 is 1.65 bits per heavy atom. The summed E-state index contributed by atoms with van der Waals surface area (Å²) < 4.78 is 30.5. The normalized spacial score (nSPS) is 21.0. The van der Waals surface area contributed by atoms with Crippen LogP contribution < -0.4 is 20.6 Å². The van der Waals surface area contributed by atoms with Crippen molar-refractivity contribution in [2.45, 2.75) is 43.1 Å². The number of aromatic nitrogens is 2. The number of hydrogen-bond donors (Lipinski definition) is 1. The van der Waals surface area contributed by atoms with E-state index in [0.717, 1.165) is 52.8 Å². The third kappa shape index (κ3) is 5.59. The second-order valence-corrected chi connectivity index (χ2v) is 15.1. The quantitative estimate of drug-likeness (QED) is 0.169. The van der Waals surface area contributed by atoms with Gasteiger partial charge in [-0.25, -0.2) is 4.39 Å². The summed E-state index contributed by atoms with van der Waals surface area (Å²) in [5, 5.41) is 10.7. The molecular formula is C41H37BrClFN6O2. The number of rotatable bonds is 9. The Bertz CT molecular complexity index is 2170. The Morgan fingerprint density at radius 3 is 2.33 bits per heavy atom. The Balaban J connectivity index is 1.15. The zero-order valence-corrected chi connectivity index (χ0v) is 30.7. The maximum absolute atomic E-state index is 14.7. The molecule has 0 amide bonds. The van der Waals surface area contributed by atoms with Crippen molar-refractivity contribution in [3.63, 3.8) is 0 Å². The lowest BCUT2D eigenvalue weighted by atomic mass is 9.77. The van der Waals surface area contributed by atoms with Crippen molar-refractivity contribution in [2.75, 3.05) is 26.4 Å². The topological polar surface area (TPSA) is 67.2 Å². The van der Waals surface area contributed by atoms with Gasteiger partial charge in [0.05, 0.1) is 39.6 Å². The third-order valence-corrected chi connectivity index (χ3v) is 12.0. The Morgan fingerprint density at radius 1 is 0.981 bits per heavy atom. The molecule has 2 saturated heterocycles. The number of ether oxygens (including phenoxy) is 2. The average Bonchev–Trinajstić information content (AvgIpc) is 3.85. The maximum atomic E-state index is 14.7. The molecule has 11 heteroatoms. The molecule has 2 atom stereocenters. The SMILES string of the molecule is F[C@H]1CN2CCC[C@@]2(COC2=CN(Cc3ccn(C(c4ccccc4)(c4ccccc4)c4ccccc4)n3)C3=c4c(cc(Br)c(Cl)c4=NCN3)O2)C1. The monoisotopic (exact) mass is 778 g/mol. The van der Waals surface area contributed by atoms with Gasteiger partial charge in [0.25, 0.3) is 0 Å². The first kappa shape index (κ1) is 33.2. The first-order valence-corrected chi connectivity index (χ1v) is 18.8. The van der Waals surface area contributed by atoms with Crippen molar-refractivity contribution in [3.8, 4) is 5.75 Å². The molecule has 0 spiro atoms. The summed E-state index contributed by atoms with van der Waals surface area (Å²) in [4.78, 5) is 9.02. The van der Waals surface area contributed by atoms with Crippen molar-refractivity contribution in [1.82, 2.24) is 24.9 Å². The van der Waals surface area contributed by atoms with Gasteiger partial charge < -0.3 is 19.7 Å².